The zero-order valence-corrected chi connectivity index (χ0v) is 12.2. The molecule has 0 unspecified atom stereocenters. The fourth-order valence-electron chi connectivity index (χ4n) is 2.21. The van der Waals surface area contributed by atoms with E-state index in [-0.39, 0.29) is 18.6 Å². The maximum Gasteiger partial charge on any atom is 0.250 e. The zero-order valence-electron chi connectivity index (χ0n) is 12.2. The van der Waals surface area contributed by atoms with Crippen molar-refractivity contribution < 1.29 is 9.53 Å². The highest BCUT2D eigenvalue weighted by molar-refractivity contribution is 5.92. The summed E-state index contributed by atoms with van der Waals surface area (Å²) in [5.41, 5.74) is 1.86. The summed E-state index contributed by atoms with van der Waals surface area (Å²) in [5, 5.41) is 6.14. The van der Waals surface area contributed by atoms with Crippen LogP contribution in [0.25, 0.3) is 0 Å². The van der Waals surface area contributed by atoms with Crippen LogP contribution in [-0.2, 0) is 9.53 Å². The van der Waals surface area contributed by atoms with E-state index < -0.39 is 0 Å². The molecule has 0 spiro atoms. The molecule has 0 saturated carbocycles. The van der Waals surface area contributed by atoms with Crippen LogP contribution in [0.5, 0.6) is 0 Å². The van der Waals surface area contributed by atoms with Crippen LogP contribution in [-0.4, -0.2) is 45.8 Å². The lowest BCUT2D eigenvalue weighted by Gasteiger charge is -2.22. The molecule has 0 aromatic heterocycles. The van der Waals surface area contributed by atoms with E-state index in [0.717, 1.165) is 37.3 Å². The lowest BCUT2D eigenvalue weighted by atomic mass is 10.1. The summed E-state index contributed by atoms with van der Waals surface area (Å²) in [4.78, 5) is 13.9. The molecule has 0 aliphatic carbocycles. The van der Waals surface area contributed by atoms with Crippen molar-refractivity contribution in [2.45, 2.75) is 18.9 Å². The molecule has 2 rings (SSSR count). The van der Waals surface area contributed by atoms with Crippen LogP contribution in [0.3, 0.4) is 0 Å². The number of hydrogen-bond donors (Lipinski definition) is 2. The van der Waals surface area contributed by atoms with Crippen molar-refractivity contribution in [2.24, 2.45) is 0 Å². The van der Waals surface area contributed by atoms with Gasteiger partial charge in [-0.25, -0.2) is 0 Å². The van der Waals surface area contributed by atoms with Gasteiger partial charge >= 0.3 is 0 Å². The molecule has 1 heterocycles. The van der Waals surface area contributed by atoms with E-state index >= 15 is 0 Å². The summed E-state index contributed by atoms with van der Waals surface area (Å²) in [6.45, 7) is 2.06. The van der Waals surface area contributed by atoms with Crippen LogP contribution in [0.15, 0.2) is 24.3 Å². The lowest BCUT2D eigenvalue weighted by Crippen LogP contribution is -2.34. The molecule has 5 heteroatoms. The van der Waals surface area contributed by atoms with Crippen molar-refractivity contribution in [3.05, 3.63) is 24.3 Å². The molecule has 1 aliphatic heterocycles. The summed E-state index contributed by atoms with van der Waals surface area (Å²) >= 11 is 0. The predicted molar refractivity (Wildman–Crippen MR) is 81.2 cm³/mol. The minimum atomic E-state index is -0.0977. The summed E-state index contributed by atoms with van der Waals surface area (Å²) < 4.78 is 5.63. The first-order chi connectivity index (χ1) is 9.65. The standard InChI is InChI=1S/C15H23N3O2/c1-18(2)13-5-3-4-12(10-13)17-15(19)11-20-14-6-8-16-9-7-14/h3-5,10,14,16H,6-9,11H2,1-2H3,(H,17,19). The lowest BCUT2D eigenvalue weighted by molar-refractivity contribution is -0.123. The van der Waals surface area contributed by atoms with Crippen molar-refractivity contribution in [1.29, 1.82) is 0 Å². The van der Waals surface area contributed by atoms with E-state index in [4.69, 9.17) is 4.74 Å². The van der Waals surface area contributed by atoms with E-state index in [1.807, 2.05) is 43.3 Å². The highest BCUT2D eigenvalue weighted by Gasteiger charge is 2.14. The van der Waals surface area contributed by atoms with Gasteiger partial charge in [-0.05, 0) is 44.1 Å². The number of ether oxygens (including phenoxy) is 1. The first kappa shape index (κ1) is 14.8. The Labute approximate surface area is 120 Å². The van der Waals surface area contributed by atoms with Crippen LogP contribution >= 0.6 is 0 Å². The number of rotatable bonds is 5. The van der Waals surface area contributed by atoms with Crippen LogP contribution in [0.2, 0.25) is 0 Å². The Kier molecular flexibility index (Phi) is 5.38. The quantitative estimate of drug-likeness (QED) is 0.855. The van der Waals surface area contributed by atoms with Crippen molar-refractivity contribution in [3.8, 4) is 0 Å². The molecule has 1 aromatic rings. The van der Waals surface area contributed by atoms with Gasteiger partial charge < -0.3 is 20.3 Å². The summed E-state index contributed by atoms with van der Waals surface area (Å²) in [5.74, 6) is -0.0977. The first-order valence-electron chi connectivity index (χ1n) is 7.05. The fourth-order valence-corrected chi connectivity index (χ4v) is 2.21. The molecule has 1 fully saturated rings. The Balaban J connectivity index is 1.80. The molecule has 20 heavy (non-hydrogen) atoms. The van der Waals surface area contributed by atoms with E-state index in [0.29, 0.717) is 0 Å². The number of hydrogen-bond acceptors (Lipinski definition) is 4. The average molecular weight is 277 g/mol. The van der Waals surface area contributed by atoms with E-state index in [2.05, 4.69) is 10.6 Å². The number of nitrogens with one attached hydrogen (secondary N) is 2. The molecule has 1 aliphatic rings. The van der Waals surface area contributed by atoms with Gasteiger partial charge in [0.05, 0.1) is 6.10 Å². The Morgan fingerprint density at radius 2 is 2.15 bits per heavy atom. The minimum absolute atomic E-state index is 0.0977. The van der Waals surface area contributed by atoms with Crippen LogP contribution in [0.4, 0.5) is 11.4 Å². The highest BCUT2D eigenvalue weighted by atomic mass is 16.5. The fraction of sp³-hybridized carbons (Fsp3) is 0.533. The van der Waals surface area contributed by atoms with Crippen LogP contribution in [0, 0.1) is 0 Å². The second kappa shape index (κ2) is 7.26. The first-order valence-corrected chi connectivity index (χ1v) is 7.05. The molecular formula is C15H23N3O2. The number of piperidine rings is 1. The van der Waals surface area contributed by atoms with Gasteiger partial charge in [-0.1, -0.05) is 6.07 Å². The van der Waals surface area contributed by atoms with Crippen LogP contribution < -0.4 is 15.5 Å². The molecule has 0 atom stereocenters. The van der Waals surface area contributed by atoms with E-state index in [1.165, 1.54) is 0 Å². The Bertz CT molecular complexity index is 442. The SMILES string of the molecule is CN(C)c1cccc(NC(=O)COC2CCNCC2)c1. The number of carbonyl (C=O) groups is 1. The second-order valence-corrected chi connectivity index (χ2v) is 5.25. The largest absolute Gasteiger partial charge is 0.378 e. The minimum Gasteiger partial charge on any atom is -0.378 e. The van der Waals surface area contributed by atoms with Gasteiger partial charge in [0.15, 0.2) is 0 Å². The van der Waals surface area contributed by atoms with Gasteiger partial charge in [0.25, 0.3) is 0 Å². The smallest absolute Gasteiger partial charge is 0.250 e. The van der Waals surface area contributed by atoms with Gasteiger partial charge in [-0.3, -0.25) is 4.79 Å². The normalized spacial score (nSPS) is 15.9. The summed E-state index contributed by atoms with van der Waals surface area (Å²) in [6.07, 6.45) is 2.15. The Hall–Kier alpha value is -1.59. The maximum atomic E-state index is 11.9. The number of carbonyl (C=O) groups excluding carboxylic acids is 1. The van der Waals surface area contributed by atoms with Crippen molar-refractivity contribution in [3.63, 3.8) is 0 Å². The summed E-state index contributed by atoms with van der Waals surface area (Å²) in [7, 11) is 3.95. The third kappa shape index (κ3) is 4.51. The Morgan fingerprint density at radius 3 is 2.85 bits per heavy atom. The third-order valence-corrected chi connectivity index (χ3v) is 3.38. The number of amides is 1. The molecule has 2 N–H and O–H groups in total. The summed E-state index contributed by atoms with van der Waals surface area (Å²) in [6, 6.07) is 7.76. The van der Waals surface area contributed by atoms with Gasteiger partial charge in [-0.2, -0.15) is 0 Å². The molecule has 5 nitrogen and oxygen atoms in total. The van der Waals surface area contributed by atoms with E-state index in [9.17, 15) is 4.79 Å². The monoisotopic (exact) mass is 277 g/mol. The van der Waals surface area contributed by atoms with Crippen LogP contribution in [0.1, 0.15) is 12.8 Å². The molecule has 110 valence electrons. The number of nitrogens with zero attached hydrogens (tertiary/aromatic N) is 1. The van der Waals surface area contributed by atoms with E-state index in [1.54, 1.807) is 0 Å². The second-order valence-electron chi connectivity index (χ2n) is 5.25. The van der Waals surface area contributed by atoms with Crippen molar-refractivity contribution >= 4 is 17.3 Å². The molecule has 0 bridgehead atoms. The number of anilines is 2. The molecule has 1 aromatic carbocycles. The van der Waals surface area contributed by atoms with Crippen molar-refractivity contribution in [1.82, 2.24) is 5.32 Å². The van der Waals surface area contributed by atoms with Crippen molar-refractivity contribution in [2.75, 3.05) is 44.0 Å². The average Bonchev–Trinajstić information content (AvgIpc) is 2.46. The third-order valence-electron chi connectivity index (χ3n) is 3.38. The zero-order chi connectivity index (χ0) is 14.4. The maximum absolute atomic E-state index is 11.9. The van der Waals surface area contributed by atoms with Gasteiger partial charge in [0.2, 0.25) is 5.91 Å². The number of benzene rings is 1. The molecule has 0 radical (unpaired) electrons. The highest BCUT2D eigenvalue weighted by Crippen LogP contribution is 2.17. The molecule has 1 saturated heterocycles. The predicted octanol–water partition coefficient (Wildman–Crippen LogP) is 1.46. The molecule has 1 amide bonds. The Morgan fingerprint density at radius 1 is 1.40 bits per heavy atom. The van der Waals surface area contributed by atoms with Gasteiger partial charge in [0, 0.05) is 25.5 Å². The van der Waals surface area contributed by atoms with Gasteiger partial charge in [0.1, 0.15) is 6.61 Å². The van der Waals surface area contributed by atoms with Gasteiger partial charge in [-0.15, -0.1) is 0 Å². The topological polar surface area (TPSA) is 53.6 Å². The molecular weight excluding hydrogens is 254 g/mol.